The number of nitrogens with zero attached hydrogens (tertiary/aromatic N) is 2. The van der Waals surface area contributed by atoms with Gasteiger partial charge in [0.15, 0.2) is 0 Å². The third-order valence-electron chi connectivity index (χ3n) is 4.81. The van der Waals surface area contributed by atoms with Crippen LogP contribution in [0.25, 0.3) is 0 Å². The van der Waals surface area contributed by atoms with Crippen LogP contribution in [0.15, 0.2) is 47.4 Å². The van der Waals surface area contributed by atoms with Gasteiger partial charge in [-0.3, -0.25) is 4.79 Å². The SMILES string of the molecule is COc1ccc(S(=O)(=O)N2CCCN(C(=O)c3cccc(F)c3)CC2)c(C)c1. The molecule has 0 aromatic heterocycles. The van der Waals surface area contributed by atoms with E-state index in [1.807, 2.05) is 0 Å². The highest BCUT2D eigenvalue weighted by Gasteiger charge is 2.29. The smallest absolute Gasteiger partial charge is 0.254 e. The number of carbonyl (C=O) groups is 1. The van der Waals surface area contributed by atoms with Crippen LogP contribution in [0.4, 0.5) is 4.39 Å². The van der Waals surface area contributed by atoms with Gasteiger partial charge in [-0.05, 0) is 55.3 Å². The Labute approximate surface area is 164 Å². The van der Waals surface area contributed by atoms with Crippen LogP contribution >= 0.6 is 0 Å². The van der Waals surface area contributed by atoms with Crippen LogP contribution in [0.5, 0.6) is 5.75 Å². The maximum atomic E-state index is 13.4. The van der Waals surface area contributed by atoms with Crippen LogP contribution in [-0.4, -0.2) is 56.8 Å². The summed E-state index contributed by atoms with van der Waals surface area (Å²) in [6, 6.07) is 10.4. The number of methoxy groups -OCH3 is 1. The van der Waals surface area contributed by atoms with E-state index in [-0.39, 0.29) is 29.5 Å². The van der Waals surface area contributed by atoms with Crippen LogP contribution in [0.1, 0.15) is 22.3 Å². The van der Waals surface area contributed by atoms with Gasteiger partial charge in [0, 0.05) is 31.7 Å². The fraction of sp³-hybridized carbons (Fsp3) is 0.350. The zero-order chi connectivity index (χ0) is 20.3. The number of benzene rings is 2. The summed E-state index contributed by atoms with van der Waals surface area (Å²) >= 11 is 0. The lowest BCUT2D eigenvalue weighted by Gasteiger charge is -2.23. The predicted octanol–water partition coefficient (Wildman–Crippen LogP) is 2.68. The second-order valence-electron chi connectivity index (χ2n) is 6.69. The molecule has 1 fully saturated rings. The molecule has 1 amide bonds. The number of sulfonamides is 1. The first-order valence-corrected chi connectivity index (χ1v) is 10.5. The Morgan fingerprint density at radius 2 is 1.86 bits per heavy atom. The Morgan fingerprint density at radius 3 is 2.54 bits per heavy atom. The number of halogens is 1. The average Bonchev–Trinajstić information content (AvgIpc) is 2.94. The van der Waals surface area contributed by atoms with Crippen LogP contribution in [0.2, 0.25) is 0 Å². The van der Waals surface area contributed by atoms with Crippen LogP contribution in [0.3, 0.4) is 0 Å². The number of ether oxygens (including phenoxy) is 1. The first-order valence-electron chi connectivity index (χ1n) is 9.02. The Hall–Kier alpha value is -2.45. The highest BCUT2D eigenvalue weighted by atomic mass is 32.2. The van der Waals surface area contributed by atoms with Crippen molar-refractivity contribution < 1.29 is 22.3 Å². The molecule has 1 aliphatic heterocycles. The monoisotopic (exact) mass is 406 g/mol. The van der Waals surface area contributed by atoms with E-state index in [0.29, 0.717) is 30.8 Å². The molecule has 1 aliphatic rings. The van der Waals surface area contributed by atoms with Gasteiger partial charge in [0.05, 0.1) is 12.0 Å². The summed E-state index contributed by atoms with van der Waals surface area (Å²) < 4.78 is 46.1. The van der Waals surface area contributed by atoms with Crippen molar-refractivity contribution in [3.63, 3.8) is 0 Å². The molecule has 3 rings (SSSR count). The van der Waals surface area contributed by atoms with Crippen molar-refractivity contribution in [1.82, 2.24) is 9.21 Å². The largest absolute Gasteiger partial charge is 0.497 e. The van der Waals surface area contributed by atoms with Gasteiger partial charge in [-0.2, -0.15) is 4.31 Å². The first kappa shape index (κ1) is 20.3. The topological polar surface area (TPSA) is 66.9 Å². The highest BCUT2D eigenvalue weighted by Crippen LogP contribution is 2.25. The Kier molecular flexibility index (Phi) is 6.00. The van der Waals surface area contributed by atoms with E-state index < -0.39 is 15.8 Å². The molecule has 0 bridgehead atoms. The zero-order valence-corrected chi connectivity index (χ0v) is 16.7. The summed E-state index contributed by atoms with van der Waals surface area (Å²) in [7, 11) is -2.15. The molecule has 0 N–H and O–H groups in total. The van der Waals surface area contributed by atoms with E-state index in [4.69, 9.17) is 4.74 Å². The lowest BCUT2D eigenvalue weighted by atomic mass is 10.2. The van der Waals surface area contributed by atoms with E-state index in [2.05, 4.69) is 0 Å². The average molecular weight is 406 g/mol. The Bertz CT molecular complexity index is 978. The normalized spacial score (nSPS) is 15.9. The summed E-state index contributed by atoms with van der Waals surface area (Å²) in [5, 5.41) is 0. The number of aryl methyl sites for hydroxylation is 1. The van der Waals surface area contributed by atoms with Crippen molar-refractivity contribution in [2.45, 2.75) is 18.2 Å². The molecule has 1 saturated heterocycles. The van der Waals surface area contributed by atoms with Gasteiger partial charge in [0.25, 0.3) is 5.91 Å². The minimum atomic E-state index is -3.68. The van der Waals surface area contributed by atoms with E-state index in [0.717, 1.165) is 0 Å². The number of hydrogen-bond donors (Lipinski definition) is 0. The minimum absolute atomic E-state index is 0.189. The third-order valence-corrected chi connectivity index (χ3v) is 6.87. The molecule has 2 aromatic carbocycles. The molecule has 150 valence electrons. The number of rotatable bonds is 4. The van der Waals surface area contributed by atoms with E-state index in [9.17, 15) is 17.6 Å². The Balaban J connectivity index is 1.76. The van der Waals surface area contributed by atoms with E-state index in [1.54, 1.807) is 36.1 Å². The van der Waals surface area contributed by atoms with Crippen LogP contribution < -0.4 is 4.74 Å². The lowest BCUT2D eigenvalue weighted by molar-refractivity contribution is 0.0763. The molecule has 0 saturated carbocycles. The van der Waals surface area contributed by atoms with Crippen molar-refractivity contribution in [3.8, 4) is 5.75 Å². The van der Waals surface area contributed by atoms with E-state index in [1.165, 1.54) is 29.6 Å². The van der Waals surface area contributed by atoms with E-state index >= 15 is 0 Å². The van der Waals surface area contributed by atoms with Crippen molar-refractivity contribution in [3.05, 3.63) is 59.4 Å². The fourth-order valence-electron chi connectivity index (χ4n) is 3.32. The molecule has 8 heteroatoms. The summed E-state index contributed by atoms with van der Waals surface area (Å²) in [6.45, 7) is 2.91. The molecular formula is C20H23FN2O4S. The molecule has 0 unspecified atom stereocenters. The predicted molar refractivity (Wildman–Crippen MR) is 103 cm³/mol. The van der Waals surface area contributed by atoms with Gasteiger partial charge < -0.3 is 9.64 Å². The molecule has 6 nitrogen and oxygen atoms in total. The Morgan fingerprint density at radius 1 is 1.07 bits per heavy atom. The van der Waals surface area contributed by atoms with Crippen molar-refractivity contribution in [1.29, 1.82) is 0 Å². The first-order chi connectivity index (χ1) is 13.3. The molecule has 0 atom stereocenters. The molecule has 28 heavy (non-hydrogen) atoms. The number of carbonyl (C=O) groups excluding carboxylic acids is 1. The van der Waals surface area contributed by atoms with Gasteiger partial charge in [-0.25, -0.2) is 12.8 Å². The third kappa shape index (κ3) is 4.18. The maximum Gasteiger partial charge on any atom is 0.254 e. The highest BCUT2D eigenvalue weighted by molar-refractivity contribution is 7.89. The summed E-state index contributed by atoms with van der Waals surface area (Å²) in [6.07, 6.45) is 0.509. The van der Waals surface area contributed by atoms with Crippen LogP contribution in [0, 0.1) is 12.7 Å². The second kappa shape index (κ2) is 8.28. The minimum Gasteiger partial charge on any atom is -0.497 e. The molecule has 1 heterocycles. The van der Waals surface area contributed by atoms with Crippen LogP contribution in [-0.2, 0) is 10.0 Å². The van der Waals surface area contributed by atoms with Gasteiger partial charge in [-0.15, -0.1) is 0 Å². The second-order valence-corrected chi connectivity index (χ2v) is 8.60. The molecule has 0 spiro atoms. The standard InChI is InChI=1S/C20H23FN2O4S/c1-15-13-18(27-2)7-8-19(15)28(25,26)23-10-4-9-22(11-12-23)20(24)16-5-3-6-17(21)14-16/h3,5-8,13-14H,4,9-12H2,1-2H3. The van der Waals surface area contributed by atoms with Gasteiger partial charge in [0.2, 0.25) is 10.0 Å². The number of hydrogen-bond acceptors (Lipinski definition) is 4. The van der Waals surface area contributed by atoms with Crippen molar-refractivity contribution in [2.75, 3.05) is 33.3 Å². The van der Waals surface area contributed by atoms with Gasteiger partial charge >= 0.3 is 0 Å². The van der Waals surface area contributed by atoms with Crippen molar-refractivity contribution >= 4 is 15.9 Å². The van der Waals surface area contributed by atoms with Gasteiger partial charge in [0.1, 0.15) is 11.6 Å². The fourth-order valence-corrected chi connectivity index (χ4v) is 4.99. The summed E-state index contributed by atoms with van der Waals surface area (Å²) in [4.78, 5) is 14.4. The quantitative estimate of drug-likeness (QED) is 0.783. The zero-order valence-electron chi connectivity index (χ0n) is 15.9. The summed E-state index contributed by atoms with van der Waals surface area (Å²) in [5.41, 5.74) is 0.874. The molecule has 0 radical (unpaired) electrons. The molecule has 2 aromatic rings. The van der Waals surface area contributed by atoms with Gasteiger partial charge in [-0.1, -0.05) is 6.07 Å². The lowest BCUT2D eigenvalue weighted by Crippen LogP contribution is -2.37. The number of amides is 1. The summed E-state index contributed by atoms with van der Waals surface area (Å²) in [5.74, 6) is -0.168. The maximum absolute atomic E-state index is 13.4. The molecular weight excluding hydrogens is 383 g/mol. The van der Waals surface area contributed by atoms with Crippen molar-refractivity contribution in [2.24, 2.45) is 0 Å². The molecule has 0 aliphatic carbocycles.